The topological polar surface area (TPSA) is 96.9 Å². The molecule has 3 N–H and O–H groups in total. The highest BCUT2D eigenvalue weighted by Crippen LogP contribution is 2.30. The predicted molar refractivity (Wildman–Crippen MR) is 100 cm³/mol. The van der Waals surface area contributed by atoms with Crippen LogP contribution in [0.3, 0.4) is 0 Å². The summed E-state index contributed by atoms with van der Waals surface area (Å²) >= 11 is 0. The third kappa shape index (κ3) is 9.91. The molecule has 0 aromatic heterocycles. The van der Waals surface area contributed by atoms with E-state index in [1.165, 1.54) is 19.2 Å². The Morgan fingerprint density at radius 2 is 1.83 bits per heavy atom. The standard InChI is InChI=1S/C19H27F3N2O5/c1-18(2,3)10-13(24-17(26)27)16(25)23-8-7-12-5-6-14(28-4)15(9-12)29-11-19(20,21)22/h5-6,9,13,24H,7-8,10-11H2,1-4H3,(H,23,25)(H,26,27)/t13-/m1/s1. The summed E-state index contributed by atoms with van der Waals surface area (Å²) in [6.07, 6.45) is -5.15. The molecule has 2 amide bonds. The number of nitrogens with one attached hydrogen (secondary N) is 2. The Balaban J connectivity index is 2.71. The van der Waals surface area contributed by atoms with Gasteiger partial charge in [0.2, 0.25) is 5.91 Å². The molecule has 0 aliphatic carbocycles. The molecule has 0 aliphatic heterocycles. The number of carbonyl (C=O) groups is 2. The fourth-order valence-electron chi connectivity index (χ4n) is 2.57. The van der Waals surface area contributed by atoms with Gasteiger partial charge < -0.3 is 25.2 Å². The van der Waals surface area contributed by atoms with Crippen LogP contribution in [0.4, 0.5) is 18.0 Å². The Morgan fingerprint density at radius 1 is 1.17 bits per heavy atom. The smallest absolute Gasteiger partial charge is 0.422 e. The number of hydrogen-bond donors (Lipinski definition) is 3. The van der Waals surface area contributed by atoms with E-state index in [1.54, 1.807) is 6.07 Å². The number of hydrogen-bond acceptors (Lipinski definition) is 4. The number of rotatable bonds is 9. The molecule has 1 aromatic carbocycles. The molecule has 0 unspecified atom stereocenters. The molecule has 10 heteroatoms. The highest BCUT2D eigenvalue weighted by Gasteiger charge is 2.29. The average molecular weight is 420 g/mol. The van der Waals surface area contributed by atoms with Gasteiger partial charge in [0.25, 0.3) is 0 Å². The molecule has 0 spiro atoms. The first kappa shape index (κ1) is 24.4. The number of carboxylic acid groups (broad SMARTS) is 1. The third-order valence-electron chi connectivity index (χ3n) is 3.76. The summed E-state index contributed by atoms with van der Waals surface area (Å²) in [5.74, 6) is -0.353. The van der Waals surface area contributed by atoms with Crippen molar-refractivity contribution in [2.24, 2.45) is 5.41 Å². The summed E-state index contributed by atoms with van der Waals surface area (Å²) in [6.45, 7) is 4.38. The average Bonchev–Trinajstić information content (AvgIpc) is 2.57. The van der Waals surface area contributed by atoms with Crippen LogP contribution in [0, 0.1) is 5.41 Å². The monoisotopic (exact) mass is 420 g/mol. The first-order chi connectivity index (χ1) is 13.3. The molecular formula is C19H27F3N2O5. The van der Waals surface area contributed by atoms with Crippen LogP contribution in [0.2, 0.25) is 0 Å². The van der Waals surface area contributed by atoms with E-state index in [9.17, 15) is 22.8 Å². The fraction of sp³-hybridized carbons (Fsp3) is 0.579. The molecule has 0 saturated heterocycles. The second kappa shape index (κ2) is 10.2. The molecule has 0 saturated carbocycles. The van der Waals surface area contributed by atoms with Crippen LogP contribution >= 0.6 is 0 Å². The maximum absolute atomic E-state index is 12.4. The number of methoxy groups -OCH3 is 1. The van der Waals surface area contributed by atoms with E-state index in [0.29, 0.717) is 18.4 Å². The molecule has 29 heavy (non-hydrogen) atoms. The lowest BCUT2D eigenvalue weighted by atomic mass is 9.88. The minimum Gasteiger partial charge on any atom is -0.493 e. The van der Waals surface area contributed by atoms with E-state index in [0.717, 1.165) is 0 Å². The van der Waals surface area contributed by atoms with Crippen LogP contribution in [-0.4, -0.2) is 49.6 Å². The van der Waals surface area contributed by atoms with E-state index in [1.807, 2.05) is 20.8 Å². The number of benzene rings is 1. The van der Waals surface area contributed by atoms with Crippen molar-refractivity contribution >= 4 is 12.0 Å². The summed E-state index contributed by atoms with van der Waals surface area (Å²) in [6, 6.07) is 3.64. The SMILES string of the molecule is COc1ccc(CCNC(=O)[C@@H](CC(C)(C)C)NC(=O)O)cc1OCC(F)(F)F. The van der Waals surface area contributed by atoms with Crippen molar-refractivity contribution in [3.8, 4) is 11.5 Å². The Bertz CT molecular complexity index is 702. The van der Waals surface area contributed by atoms with Gasteiger partial charge in [0.15, 0.2) is 18.1 Å². The largest absolute Gasteiger partial charge is 0.493 e. The van der Waals surface area contributed by atoms with E-state index in [-0.39, 0.29) is 23.5 Å². The number of ether oxygens (including phenoxy) is 2. The second-order valence-corrected chi connectivity index (χ2v) is 7.70. The number of alkyl halides is 3. The predicted octanol–water partition coefficient (Wildman–Crippen LogP) is 3.37. The van der Waals surface area contributed by atoms with Crippen molar-refractivity contribution in [1.29, 1.82) is 0 Å². The molecule has 0 aliphatic rings. The molecular weight excluding hydrogens is 393 g/mol. The number of halogens is 3. The third-order valence-corrected chi connectivity index (χ3v) is 3.76. The van der Waals surface area contributed by atoms with Gasteiger partial charge in [-0.3, -0.25) is 4.79 Å². The van der Waals surface area contributed by atoms with E-state index >= 15 is 0 Å². The maximum Gasteiger partial charge on any atom is 0.422 e. The van der Waals surface area contributed by atoms with Gasteiger partial charge in [-0.05, 0) is 36.0 Å². The molecule has 1 rings (SSSR count). The Hall–Kier alpha value is -2.65. The lowest BCUT2D eigenvalue weighted by Gasteiger charge is -2.25. The van der Waals surface area contributed by atoms with Gasteiger partial charge in [-0.2, -0.15) is 13.2 Å². The summed E-state index contributed by atoms with van der Waals surface area (Å²) in [4.78, 5) is 23.2. The normalized spacial score (nSPS) is 12.8. The maximum atomic E-state index is 12.4. The molecule has 0 heterocycles. The number of amides is 2. The van der Waals surface area contributed by atoms with Gasteiger partial charge in [0.05, 0.1) is 7.11 Å². The van der Waals surface area contributed by atoms with Crippen LogP contribution in [0.5, 0.6) is 11.5 Å². The van der Waals surface area contributed by atoms with Gasteiger partial charge in [0, 0.05) is 6.54 Å². The van der Waals surface area contributed by atoms with Crippen LogP contribution in [0.25, 0.3) is 0 Å². The van der Waals surface area contributed by atoms with E-state index < -0.39 is 30.8 Å². The zero-order valence-corrected chi connectivity index (χ0v) is 16.9. The highest BCUT2D eigenvalue weighted by molar-refractivity contribution is 5.85. The van der Waals surface area contributed by atoms with Crippen LogP contribution < -0.4 is 20.1 Å². The minimum atomic E-state index is -4.48. The van der Waals surface area contributed by atoms with Crippen LogP contribution in [-0.2, 0) is 11.2 Å². The van der Waals surface area contributed by atoms with Crippen molar-refractivity contribution in [3.63, 3.8) is 0 Å². The van der Waals surface area contributed by atoms with Crippen LogP contribution in [0.15, 0.2) is 18.2 Å². The fourth-order valence-corrected chi connectivity index (χ4v) is 2.57. The van der Waals surface area contributed by atoms with Gasteiger partial charge >= 0.3 is 12.3 Å². The highest BCUT2D eigenvalue weighted by atomic mass is 19.4. The Kier molecular flexibility index (Phi) is 8.59. The second-order valence-electron chi connectivity index (χ2n) is 7.70. The quantitative estimate of drug-likeness (QED) is 0.569. The zero-order chi connectivity index (χ0) is 22.2. The summed E-state index contributed by atoms with van der Waals surface area (Å²) in [5.41, 5.74) is 0.354. The molecule has 0 fully saturated rings. The lowest BCUT2D eigenvalue weighted by Crippen LogP contribution is -2.48. The summed E-state index contributed by atoms with van der Waals surface area (Å²) < 4.78 is 47.0. The van der Waals surface area contributed by atoms with Crippen molar-refractivity contribution in [2.75, 3.05) is 20.3 Å². The van der Waals surface area contributed by atoms with E-state index in [2.05, 4.69) is 10.6 Å². The Morgan fingerprint density at radius 3 is 2.34 bits per heavy atom. The molecule has 164 valence electrons. The van der Waals surface area contributed by atoms with Crippen molar-refractivity contribution < 1.29 is 37.3 Å². The van der Waals surface area contributed by atoms with Crippen molar-refractivity contribution in [3.05, 3.63) is 23.8 Å². The van der Waals surface area contributed by atoms with Gasteiger partial charge in [-0.25, -0.2) is 4.79 Å². The molecule has 1 aromatic rings. The molecule has 0 bridgehead atoms. The molecule has 7 nitrogen and oxygen atoms in total. The lowest BCUT2D eigenvalue weighted by molar-refractivity contribution is -0.153. The first-order valence-electron chi connectivity index (χ1n) is 8.94. The van der Waals surface area contributed by atoms with Crippen molar-refractivity contribution in [1.82, 2.24) is 10.6 Å². The first-order valence-corrected chi connectivity index (χ1v) is 8.94. The Labute approximate surface area is 167 Å². The zero-order valence-electron chi connectivity index (χ0n) is 16.9. The van der Waals surface area contributed by atoms with Gasteiger partial charge in [-0.15, -0.1) is 0 Å². The molecule has 1 atom stereocenters. The van der Waals surface area contributed by atoms with Crippen LogP contribution in [0.1, 0.15) is 32.8 Å². The van der Waals surface area contributed by atoms with Crippen molar-refractivity contribution in [2.45, 2.75) is 45.8 Å². The van der Waals surface area contributed by atoms with Gasteiger partial charge in [-0.1, -0.05) is 26.8 Å². The van der Waals surface area contributed by atoms with Gasteiger partial charge in [0.1, 0.15) is 6.04 Å². The number of carbonyl (C=O) groups excluding carboxylic acids is 1. The summed E-state index contributed by atoms with van der Waals surface area (Å²) in [5, 5.41) is 13.8. The minimum absolute atomic E-state index is 0.0493. The summed E-state index contributed by atoms with van der Waals surface area (Å²) in [7, 11) is 1.32. The van der Waals surface area contributed by atoms with E-state index in [4.69, 9.17) is 14.6 Å². The molecule has 0 radical (unpaired) electrons.